The second kappa shape index (κ2) is 4.72. The maximum atomic E-state index is 12.8. The van der Waals surface area contributed by atoms with Crippen molar-refractivity contribution in [3.05, 3.63) is 45.1 Å². The van der Waals surface area contributed by atoms with Crippen molar-refractivity contribution in [1.82, 2.24) is 4.98 Å². The van der Waals surface area contributed by atoms with E-state index in [0.717, 1.165) is 15.2 Å². The van der Waals surface area contributed by atoms with E-state index in [1.165, 1.54) is 12.1 Å². The van der Waals surface area contributed by atoms with Crippen molar-refractivity contribution in [3.8, 4) is 0 Å². The number of nitrogens with zero attached hydrogens (tertiary/aromatic N) is 1. The summed E-state index contributed by atoms with van der Waals surface area (Å²) >= 11 is 4.88. The Kier molecular flexibility index (Phi) is 3.33. The lowest BCUT2D eigenvalue weighted by Crippen LogP contribution is -1.99. The first-order valence-corrected chi connectivity index (χ1v) is 6.00. The van der Waals surface area contributed by atoms with Crippen LogP contribution in [0, 0.1) is 5.82 Å². The summed E-state index contributed by atoms with van der Waals surface area (Å²) in [4.78, 5) is 4.15. The SMILES string of the molecule is Fc1ccc(NCc2nccs2)c(Br)c1. The molecule has 0 saturated carbocycles. The summed E-state index contributed by atoms with van der Waals surface area (Å²) in [5, 5.41) is 6.11. The van der Waals surface area contributed by atoms with Crippen molar-refractivity contribution in [2.24, 2.45) is 0 Å². The molecule has 0 bridgehead atoms. The normalized spacial score (nSPS) is 10.3. The first-order chi connectivity index (χ1) is 7.25. The number of rotatable bonds is 3. The van der Waals surface area contributed by atoms with Crippen LogP contribution in [0.4, 0.5) is 10.1 Å². The van der Waals surface area contributed by atoms with Crippen molar-refractivity contribution < 1.29 is 4.39 Å². The molecule has 0 aliphatic rings. The molecular formula is C10H8BrFN2S. The molecule has 0 spiro atoms. The van der Waals surface area contributed by atoms with Crippen molar-refractivity contribution in [1.29, 1.82) is 0 Å². The van der Waals surface area contributed by atoms with Crippen molar-refractivity contribution in [2.45, 2.75) is 6.54 Å². The third-order valence-corrected chi connectivity index (χ3v) is 3.28. The fourth-order valence-electron chi connectivity index (χ4n) is 1.14. The highest BCUT2D eigenvalue weighted by atomic mass is 79.9. The van der Waals surface area contributed by atoms with Crippen molar-refractivity contribution in [3.63, 3.8) is 0 Å². The first-order valence-electron chi connectivity index (χ1n) is 4.33. The van der Waals surface area contributed by atoms with Gasteiger partial charge in [-0.15, -0.1) is 11.3 Å². The number of nitrogens with one attached hydrogen (secondary N) is 1. The Morgan fingerprint density at radius 1 is 1.47 bits per heavy atom. The fraction of sp³-hybridized carbons (Fsp3) is 0.100. The number of thiazole rings is 1. The van der Waals surface area contributed by atoms with E-state index in [4.69, 9.17) is 0 Å². The van der Waals surface area contributed by atoms with E-state index >= 15 is 0 Å². The topological polar surface area (TPSA) is 24.9 Å². The Labute approximate surface area is 99.3 Å². The van der Waals surface area contributed by atoms with Gasteiger partial charge in [0.2, 0.25) is 0 Å². The molecule has 0 fully saturated rings. The van der Waals surface area contributed by atoms with Gasteiger partial charge in [-0.3, -0.25) is 0 Å². The van der Waals surface area contributed by atoms with E-state index in [1.807, 2.05) is 5.38 Å². The standard InChI is InChI=1S/C10H8BrFN2S/c11-8-5-7(12)1-2-9(8)14-6-10-13-3-4-15-10/h1-5,14H,6H2. The van der Waals surface area contributed by atoms with Crippen LogP contribution >= 0.6 is 27.3 Å². The van der Waals surface area contributed by atoms with Gasteiger partial charge in [-0.2, -0.15) is 0 Å². The molecule has 15 heavy (non-hydrogen) atoms. The molecular weight excluding hydrogens is 279 g/mol. The van der Waals surface area contributed by atoms with Crippen LogP contribution in [0.3, 0.4) is 0 Å². The molecule has 78 valence electrons. The van der Waals surface area contributed by atoms with Crippen LogP contribution in [-0.4, -0.2) is 4.98 Å². The summed E-state index contributed by atoms with van der Waals surface area (Å²) in [5.41, 5.74) is 0.867. The van der Waals surface area contributed by atoms with Gasteiger partial charge in [0.05, 0.1) is 6.54 Å². The zero-order chi connectivity index (χ0) is 10.7. The molecule has 0 saturated heterocycles. The van der Waals surface area contributed by atoms with Crippen LogP contribution in [0.25, 0.3) is 0 Å². The number of anilines is 1. The summed E-state index contributed by atoms with van der Waals surface area (Å²) < 4.78 is 13.5. The highest BCUT2D eigenvalue weighted by Gasteiger charge is 2.01. The van der Waals surface area contributed by atoms with Gasteiger partial charge in [0.1, 0.15) is 10.8 Å². The number of halogens is 2. The van der Waals surface area contributed by atoms with Gasteiger partial charge >= 0.3 is 0 Å². The average Bonchev–Trinajstić information content (AvgIpc) is 2.69. The highest BCUT2D eigenvalue weighted by Crippen LogP contribution is 2.23. The van der Waals surface area contributed by atoms with Gasteiger partial charge in [0.25, 0.3) is 0 Å². The Bertz CT molecular complexity index is 445. The van der Waals surface area contributed by atoms with Gasteiger partial charge in [0, 0.05) is 21.7 Å². The third kappa shape index (κ3) is 2.76. The van der Waals surface area contributed by atoms with E-state index in [0.29, 0.717) is 6.54 Å². The van der Waals surface area contributed by atoms with Crippen LogP contribution in [0.15, 0.2) is 34.2 Å². The third-order valence-electron chi connectivity index (χ3n) is 1.84. The molecule has 2 rings (SSSR count). The van der Waals surface area contributed by atoms with E-state index < -0.39 is 0 Å². The lowest BCUT2D eigenvalue weighted by molar-refractivity contribution is 0.627. The van der Waals surface area contributed by atoms with Crippen LogP contribution in [0.5, 0.6) is 0 Å². The number of aromatic nitrogens is 1. The highest BCUT2D eigenvalue weighted by molar-refractivity contribution is 9.10. The van der Waals surface area contributed by atoms with Gasteiger partial charge in [-0.25, -0.2) is 9.37 Å². The van der Waals surface area contributed by atoms with Crippen LogP contribution in [0.2, 0.25) is 0 Å². The molecule has 1 heterocycles. The predicted octanol–water partition coefficient (Wildman–Crippen LogP) is 3.66. The Morgan fingerprint density at radius 2 is 2.33 bits per heavy atom. The molecule has 0 unspecified atom stereocenters. The Balaban J connectivity index is 2.05. The van der Waals surface area contributed by atoms with Crippen LogP contribution < -0.4 is 5.32 Å². The molecule has 2 nitrogen and oxygen atoms in total. The number of hydrogen-bond acceptors (Lipinski definition) is 3. The maximum Gasteiger partial charge on any atom is 0.124 e. The first kappa shape index (κ1) is 10.6. The molecule has 0 atom stereocenters. The van der Waals surface area contributed by atoms with Gasteiger partial charge in [-0.1, -0.05) is 0 Å². The monoisotopic (exact) mass is 286 g/mol. The molecule has 1 aromatic heterocycles. The molecule has 5 heteroatoms. The van der Waals surface area contributed by atoms with Gasteiger partial charge < -0.3 is 5.32 Å². The minimum atomic E-state index is -0.248. The Morgan fingerprint density at radius 3 is 3.00 bits per heavy atom. The summed E-state index contributed by atoms with van der Waals surface area (Å²) in [5.74, 6) is -0.248. The fourth-order valence-corrected chi connectivity index (χ4v) is 2.19. The molecule has 1 N–H and O–H groups in total. The average molecular weight is 287 g/mol. The molecule has 0 aliphatic heterocycles. The Hall–Kier alpha value is -0.940. The predicted molar refractivity (Wildman–Crippen MR) is 63.5 cm³/mol. The summed E-state index contributed by atoms with van der Waals surface area (Å²) in [6.45, 7) is 0.655. The number of benzene rings is 1. The molecule has 0 radical (unpaired) electrons. The van der Waals surface area contributed by atoms with Gasteiger partial charge in [-0.05, 0) is 34.1 Å². The maximum absolute atomic E-state index is 12.8. The van der Waals surface area contributed by atoms with E-state index in [2.05, 4.69) is 26.2 Å². The summed E-state index contributed by atoms with van der Waals surface area (Å²) in [6, 6.07) is 4.56. The minimum Gasteiger partial charge on any atom is -0.378 e. The molecule has 1 aromatic carbocycles. The van der Waals surface area contributed by atoms with E-state index in [-0.39, 0.29) is 5.82 Å². The van der Waals surface area contributed by atoms with Crippen LogP contribution in [0.1, 0.15) is 5.01 Å². The quantitative estimate of drug-likeness (QED) is 0.932. The summed E-state index contributed by atoms with van der Waals surface area (Å²) in [6.07, 6.45) is 1.77. The molecule has 0 amide bonds. The van der Waals surface area contributed by atoms with E-state index in [9.17, 15) is 4.39 Å². The molecule has 2 aromatic rings. The molecule has 0 aliphatic carbocycles. The lowest BCUT2D eigenvalue weighted by Gasteiger charge is -2.06. The minimum absolute atomic E-state index is 0.248. The second-order valence-electron chi connectivity index (χ2n) is 2.90. The zero-order valence-electron chi connectivity index (χ0n) is 7.71. The lowest BCUT2D eigenvalue weighted by atomic mass is 10.3. The van der Waals surface area contributed by atoms with Crippen LogP contribution in [-0.2, 0) is 6.54 Å². The van der Waals surface area contributed by atoms with E-state index in [1.54, 1.807) is 23.6 Å². The summed E-state index contributed by atoms with van der Waals surface area (Å²) in [7, 11) is 0. The smallest absolute Gasteiger partial charge is 0.124 e. The van der Waals surface area contributed by atoms with Crippen molar-refractivity contribution in [2.75, 3.05) is 5.32 Å². The van der Waals surface area contributed by atoms with Crippen molar-refractivity contribution >= 4 is 33.0 Å². The number of hydrogen-bond donors (Lipinski definition) is 1. The van der Waals surface area contributed by atoms with Gasteiger partial charge in [0.15, 0.2) is 0 Å². The zero-order valence-corrected chi connectivity index (χ0v) is 10.1. The largest absolute Gasteiger partial charge is 0.378 e. The second-order valence-corrected chi connectivity index (χ2v) is 4.74.